The number of halogens is 1. The van der Waals surface area contributed by atoms with Crippen LogP contribution >= 0.6 is 24.0 Å². The summed E-state index contributed by atoms with van der Waals surface area (Å²) in [6.07, 6.45) is 4.21. The monoisotopic (exact) mass is 454 g/mol. The number of carbonyl (C=O) groups is 1. The molecule has 24 heavy (non-hydrogen) atoms. The zero-order chi connectivity index (χ0) is 16.3. The van der Waals surface area contributed by atoms with E-state index < -0.39 is 0 Å². The van der Waals surface area contributed by atoms with E-state index >= 15 is 0 Å². The van der Waals surface area contributed by atoms with Crippen LogP contribution < -0.4 is 16.0 Å². The highest BCUT2D eigenvalue weighted by Gasteiger charge is 2.22. The maximum atomic E-state index is 11.6. The molecule has 1 unspecified atom stereocenters. The van der Waals surface area contributed by atoms with Crippen molar-refractivity contribution in [1.82, 2.24) is 16.0 Å². The minimum Gasteiger partial charge on any atom is -0.381 e. The van der Waals surface area contributed by atoms with Gasteiger partial charge < -0.3 is 25.4 Å². The molecule has 2 rings (SSSR count). The Balaban J connectivity index is 0.00000288. The number of ether oxygens (including phenoxy) is 2. The lowest BCUT2D eigenvalue weighted by molar-refractivity contribution is -0.119. The molecule has 1 amide bonds. The summed E-state index contributed by atoms with van der Waals surface area (Å²) in [6.45, 7) is 6.94. The molecule has 1 atom stereocenters. The molecular formula is C16H31IN4O3. The average Bonchev–Trinajstić information content (AvgIpc) is 3.20. The SMILES string of the molecule is CCNC(=NCC(=O)NC1CC1)NCCCOCC1CCOC1.I. The van der Waals surface area contributed by atoms with Crippen LogP contribution in [0.5, 0.6) is 0 Å². The summed E-state index contributed by atoms with van der Waals surface area (Å²) in [6, 6.07) is 0.385. The Hall–Kier alpha value is -0.610. The van der Waals surface area contributed by atoms with Crippen molar-refractivity contribution in [2.75, 3.05) is 46.1 Å². The fourth-order valence-electron chi connectivity index (χ4n) is 2.34. The molecule has 0 aromatic heterocycles. The Labute approximate surface area is 161 Å². The third-order valence-electron chi connectivity index (χ3n) is 3.80. The molecule has 1 aliphatic heterocycles. The number of carbonyl (C=O) groups excluding carboxylic acids is 1. The van der Waals surface area contributed by atoms with E-state index in [-0.39, 0.29) is 36.4 Å². The van der Waals surface area contributed by atoms with Gasteiger partial charge in [-0.15, -0.1) is 24.0 Å². The second kappa shape index (κ2) is 12.7. The van der Waals surface area contributed by atoms with Crippen molar-refractivity contribution in [1.29, 1.82) is 0 Å². The average molecular weight is 454 g/mol. The van der Waals surface area contributed by atoms with E-state index in [9.17, 15) is 4.79 Å². The third-order valence-corrected chi connectivity index (χ3v) is 3.80. The second-order valence-electron chi connectivity index (χ2n) is 6.12. The van der Waals surface area contributed by atoms with Gasteiger partial charge in [0.1, 0.15) is 6.54 Å². The molecule has 2 aliphatic rings. The summed E-state index contributed by atoms with van der Waals surface area (Å²) in [4.78, 5) is 15.9. The Bertz CT molecular complexity index is 386. The van der Waals surface area contributed by atoms with Crippen LogP contribution in [0, 0.1) is 5.92 Å². The first-order valence-electron chi connectivity index (χ1n) is 8.75. The van der Waals surface area contributed by atoms with Gasteiger partial charge in [0.05, 0.1) is 13.2 Å². The summed E-state index contributed by atoms with van der Waals surface area (Å²) >= 11 is 0. The molecule has 8 heteroatoms. The third kappa shape index (κ3) is 9.63. The number of hydrogen-bond donors (Lipinski definition) is 3. The van der Waals surface area contributed by atoms with Crippen molar-refractivity contribution in [3.63, 3.8) is 0 Å². The molecule has 1 saturated heterocycles. The molecule has 1 aliphatic carbocycles. The lowest BCUT2D eigenvalue weighted by Crippen LogP contribution is -2.39. The minimum absolute atomic E-state index is 0. The van der Waals surface area contributed by atoms with E-state index in [2.05, 4.69) is 20.9 Å². The molecule has 3 N–H and O–H groups in total. The van der Waals surface area contributed by atoms with E-state index in [1.165, 1.54) is 0 Å². The number of nitrogens with one attached hydrogen (secondary N) is 3. The lowest BCUT2D eigenvalue weighted by atomic mass is 10.1. The van der Waals surface area contributed by atoms with E-state index in [0.29, 0.717) is 17.9 Å². The highest BCUT2D eigenvalue weighted by atomic mass is 127. The normalized spacial score (nSPS) is 20.4. The quantitative estimate of drug-likeness (QED) is 0.198. The maximum Gasteiger partial charge on any atom is 0.242 e. The van der Waals surface area contributed by atoms with Gasteiger partial charge in [0.25, 0.3) is 0 Å². The van der Waals surface area contributed by atoms with Crippen LogP contribution in [0.4, 0.5) is 0 Å². The van der Waals surface area contributed by atoms with Crippen LogP contribution in [0.15, 0.2) is 4.99 Å². The first kappa shape index (κ1) is 21.4. The van der Waals surface area contributed by atoms with E-state index in [0.717, 1.165) is 65.2 Å². The number of guanidine groups is 1. The molecular weight excluding hydrogens is 423 g/mol. The van der Waals surface area contributed by atoms with Crippen molar-refractivity contribution >= 4 is 35.8 Å². The van der Waals surface area contributed by atoms with Crippen molar-refractivity contribution in [2.45, 2.75) is 38.6 Å². The number of nitrogens with zero attached hydrogens (tertiary/aromatic N) is 1. The van der Waals surface area contributed by atoms with Gasteiger partial charge in [-0.25, -0.2) is 4.99 Å². The molecule has 1 heterocycles. The first-order chi connectivity index (χ1) is 11.3. The summed E-state index contributed by atoms with van der Waals surface area (Å²) in [5.74, 6) is 1.24. The van der Waals surface area contributed by atoms with E-state index in [1.54, 1.807) is 0 Å². The van der Waals surface area contributed by atoms with Gasteiger partial charge in [0.2, 0.25) is 5.91 Å². The first-order valence-corrected chi connectivity index (χ1v) is 8.75. The molecule has 0 bridgehead atoms. The molecule has 7 nitrogen and oxygen atoms in total. The van der Waals surface area contributed by atoms with Crippen molar-refractivity contribution in [2.24, 2.45) is 10.9 Å². The van der Waals surface area contributed by atoms with E-state index in [4.69, 9.17) is 9.47 Å². The highest BCUT2D eigenvalue weighted by Crippen LogP contribution is 2.18. The smallest absolute Gasteiger partial charge is 0.242 e. The fourth-order valence-corrected chi connectivity index (χ4v) is 2.34. The number of aliphatic imine (C=N–C) groups is 1. The number of amides is 1. The van der Waals surface area contributed by atoms with Gasteiger partial charge in [-0.3, -0.25) is 4.79 Å². The topological polar surface area (TPSA) is 84.0 Å². The minimum atomic E-state index is -0.00758. The van der Waals surface area contributed by atoms with Crippen molar-refractivity contribution < 1.29 is 14.3 Å². The molecule has 1 saturated carbocycles. The molecule has 140 valence electrons. The van der Waals surface area contributed by atoms with Gasteiger partial charge >= 0.3 is 0 Å². The van der Waals surface area contributed by atoms with Gasteiger partial charge in [-0.05, 0) is 32.6 Å². The summed E-state index contributed by atoms with van der Waals surface area (Å²) < 4.78 is 11.0. The highest BCUT2D eigenvalue weighted by molar-refractivity contribution is 14.0. The Morgan fingerprint density at radius 3 is 2.79 bits per heavy atom. The van der Waals surface area contributed by atoms with Gasteiger partial charge in [-0.2, -0.15) is 0 Å². The zero-order valence-electron chi connectivity index (χ0n) is 14.5. The number of hydrogen-bond acceptors (Lipinski definition) is 4. The largest absolute Gasteiger partial charge is 0.381 e. The van der Waals surface area contributed by atoms with Crippen LogP contribution in [0.2, 0.25) is 0 Å². The van der Waals surface area contributed by atoms with Crippen LogP contribution in [-0.2, 0) is 14.3 Å². The molecule has 0 spiro atoms. The van der Waals surface area contributed by atoms with Crippen molar-refractivity contribution in [3.8, 4) is 0 Å². The predicted molar refractivity (Wildman–Crippen MR) is 105 cm³/mol. The standard InChI is InChI=1S/C16H30N4O3.HI/c1-2-17-16(19-10-15(21)20-14-4-5-14)18-7-3-8-22-11-13-6-9-23-12-13;/h13-14H,2-12H2,1H3,(H,20,21)(H2,17,18,19);1H. The Morgan fingerprint density at radius 2 is 2.12 bits per heavy atom. The van der Waals surface area contributed by atoms with Crippen LogP contribution in [0.3, 0.4) is 0 Å². The zero-order valence-corrected chi connectivity index (χ0v) is 16.8. The van der Waals surface area contributed by atoms with Crippen LogP contribution in [0.25, 0.3) is 0 Å². The number of rotatable bonds is 10. The van der Waals surface area contributed by atoms with Crippen LogP contribution in [-0.4, -0.2) is 64.0 Å². The van der Waals surface area contributed by atoms with Crippen LogP contribution in [0.1, 0.15) is 32.6 Å². The summed E-state index contributed by atoms with van der Waals surface area (Å²) in [5.41, 5.74) is 0. The van der Waals surface area contributed by atoms with Gasteiger partial charge in [0.15, 0.2) is 5.96 Å². The summed E-state index contributed by atoms with van der Waals surface area (Å²) in [5, 5.41) is 9.30. The van der Waals surface area contributed by atoms with Gasteiger partial charge in [0, 0.05) is 38.3 Å². The Kier molecular flexibility index (Phi) is 11.4. The molecule has 2 fully saturated rings. The molecule has 0 radical (unpaired) electrons. The fraction of sp³-hybridized carbons (Fsp3) is 0.875. The summed E-state index contributed by atoms with van der Waals surface area (Å²) in [7, 11) is 0. The predicted octanol–water partition coefficient (Wildman–Crippen LogP) is 0.881. The Morgan fingerprint density at radius 1 is 1.29 bits per heavy atom. The molecule has 0 aromatic rings. The molecule has 0 aromatic carbocycles. The lowest BCUT2D eigenvalue weighted by Gasteiger charge is -2.12. The maximum absolute atomic E-state index is 11.6. The van der Waals surface area contributed by atoms with E-state index in [1.807, 2.05) is 6.92 Å². The van der Waals surface area contributed by atoms with Gasteiger partial charge in [-0.1, -0.05) is 0 Å². The van der Waals surface area contributed by atoms with Crippen molar-refractivity contribution in [3.05, 3.63) is 0 Å². The second-order valence-corrected chi connectivity index (χ2v) is 6.12.